The molecule has 0 saturated carbocycles. The van der Waals surface area contributed by atoms with E-state index in [0.717, 1.165) is 27.3 Å². The van der Waals surface area contributed by atoms with E-state index < -0.39 is 0 Å². The molecule has 1 atom stereocenters. The number of hydrogen-bond acceptors (Lipinski definition) is 2. The van der Waals surface area contributed by atoms with Gasteiger partial charge in [0.1, 0.15) is 6.07 Å². The minimum atomic E-state index is 0.257. The summed E-state index contributed by atoms with van der Waals surface area (Å²) in [6, 6.07) is 25.5. The number of fused-ring (bicyclic) bond motifs is 3. The molecular formula is C23H16N2S. The van der Waals surface area contributed by atoms with Gasteiger partial charge in [0, 0.05) is 27.7 Å². The molecule has 1 aliphatic heterocycles. The first-order valence-electron chi connectivity index (χ1n) is 8.68. The van der Waals surface area contributed by atoms with Crippen LogP contribution in [0.25, 0.3) is 27.4 Å². The van der Waals surface area contributed by atoms with Gasteiger partial charge in [0.2, 0.25) is 0 Å². The van der Waals surface area contributed by atoms with Crippen molar-refractivity contribution < 1.29 is 0 Å². The predicted molar refractivity (Wildman–Crippen MR) is 107 cm³/mol. The summed E-state index contributed by atoms with van der Waals surface area (Å²) in [5, 5.41) is 12.2. The second-order valence-electron chi connectivity index (χ2n) is 6.55. The Hall–Kier alpha value is -3.09. The van der Waals surface area contributed by atoms with Gasteiger partial charge in [-0.05, 0) is 28.6 Å². The van der Waals surface area contributed by atoms with Gasteiger partial charge in [0.25, 0.3) is 0 Å². The summed E-state index contributed by atoms with van der Waals surface area (Å²) >= 11 is 1.70. The Balaban J connectivity index is 1.95. The first-order valence-corrected chi connectivity index (χ1v) is 9.56. The molecule has 1 aliphatic rings. The molecule has 5 rings (SSSR count). The van der Waals surface area contributed by atoms with Crippen molar-refractivity contribution in [3.05, 3.63) is 88.9 Å². The SMILES string of the molecule is CC1c2ccccc2-n2c(-c3ccccc3)c(C#N)c(-c3cccs3)c21. The van der Waals surface area contributed by atoms with E-state index in [0.29, 0.717) is 0 Å². The molecule has 3 heterocycles. The number of aromatic nitrogens is 1. The highest BCUT2D eigenvalue weighted by molar-refractivity contribution is 7.13. The molecule has 0 bridgehead atoms. The van der Waals surface area contributed by atoms with Crippen molar-refractivity contribution in [2.45, 2.75) is 12.8 Å². The van der Waals surface area contributed by atoms with Crippen LogP contribution in [0.3, 0.4) is 0 Å². The van der Waals surface area contributed by atoms with Crippen LogP contribution in [0.4, 0.5) is 0 Å². The zero-order valence-corrected chi connectivity index (χ0v) is 15.1. The molecule has 0 radical (unpaired) electrons. The number of hydrogen-bond donors (Lipinski definition) is 0. The van der Waals surface area contributed by atoms with Gasteiger partial charge in [-0.25, -0.2) is 0 Å². The number of nitrogens with zero attached hydrogens (tertiary/aromatic N) is 2. The Bertz CT molecular complexity index is 1150. The zero-order chi connectivity index (χ0) is 17.7. The second kappa shape index (κ2) is 5.72. The van der Waals surface area contributed by atoms with Gasteiger partial charge in [-0.15, -0.1) is 11.3 Å². The van der Waals surface area contributed by atoms with Crippen LogP contribution in [0.15, 0.2) is 72.1 Å². The van der Waals surface area contributed by atoms with E-state index in [1.165, 1.54) is 16.9 Å². The molecule has 2 nitrogen and oxygen atoms in total. The number of thiophene rings is 1. The lowest BCUT2D eigenvalue weighted by Gasteiger charge is -2.09. The highest BCUT2D eigenvalue weighted by Crippen LogP contribution is 2.50. The maximum Gasteiger partial charge on any atom is 0.102 e. The van der Waals surface area contributed by atoms with Crippen LogP contribution in [0.1, 0.15) is 29.7 Å². The molecule has 2 aromatic heterocycles. The van der Waals surface area contributed by atoms with Crippen LogP contribution >= 0.6 is 11.3 Å². The van der Waals surface area contributed by atoms with Crippen LogP contribution in [0.5, 0.6) is 0 Å². The third-order valence-electron chi connectivity index (χ3n) is 5.19. The van der Waals surface area contributed by atoms with E-state index in [4.69, 9.17) is 0 Å². The normalized spacial score (nSPS) is 14.7. The molecule has 0 amide bonds. The summed E-state index contributed by atoms with van der Waals surface area (Å²) in [7, 11) is 0. The summed E-state index contributed by atoms with van der Waals surface area (Å²) in [6.45, 7) is 2.24. The summed E-state index contributed by atoms with van der Waals surface area (Å²) in [4.78, 5) is 1.16. The molecule has 1 unspecified atom stereocenters. The second-order valence-corrected chi connectivity index (χ2v) is 7.50. The fourth-order valence-corrected chi connectivity index (χ4v) is 4.89. The number of rotatable bonds is 2. The van der Waals surface area contributed by atoms with Crippen LogP contribution in [-0.4, -0.2) is 4.57 Å². The third kappa shape index (κ3) is 1.97. The minimum absolute atomic E-state index is 0.257. The van der Waals surface area contributed by atoms with E-state index in [-0.39, 0.29) is 5.92 Å². The first-order chi connectivity index (χ1) is 12.8. The number of benzene rings is 2. The molecule has 124 valence electrons. The topological polar surface area (TPSA) is 28.7 Å². The molecule has 0 saturated heterocycles. The molecular weight excluding hydrogens is 336 g/mol. The Morgan fingerprint density at radius 2 is 1.73 bits per heavy atom. The minimum Gasteiger partial charge on any atom is -0.311 e. The van der Waals surface area contributed by atoms with Gasteiger partial charge in [-0.1, -0.05) is 61.5 Å². The molecule has 0 fully saturated rings. The standard InChI is InChI=1S/C23H16N2S/c1-15-17-10-5-6-11-19(17)25-22(15)21(20-12-7-13-26-20)18(14-24)23(25)16-8-3-2-4-9-16/h2-13,15H,1H3. The van der Waals surface area contributed by atoms with E-state index in [1.54, 1.807) is 11.3 Å². The Morgan fingerprint density at radius 3 is 2.46 bits per heavy atom. The fraction of sp³-hybridized carbons (Fsp3) is 0.0870. The van der Waals surface area contributed by atoms with E-state index in [1.807, 2.05) is 18.2 Å². The Morgan fingerprint density at radius 1 is 0.962 bits per heavy atom. The smallest absolute Gasteiger partial charge is 0.102 e. The van der Waals surface area contributed by atoms with Crippen molar-refractivity contribution >= 4 is 11.3 Å². The van der Waals surface area contributed by atoms with Gasteiger partial charge in [0.15, 0.2) is 0 Å². The fourth-order valence-electron chi connectivity index (χ4n) is 4.10. The van der Waals surface area contributed by atoms with E-state index >= 15 is 0 Å². The van der Waals surface area contributed by atoms with Gasteiger partial charge < -0.3 is 4.57 Å². The summed E-state index contributed by atoms with van der Waals surface area (Å²) in [5.74, 6) is 0.257. The van der Waals surface area contributed by atoms with Gasteiger partial charge in [-0.2, -0.15) is 5.26 Å². The van der Waals surface area contributed by atoms with Gasteiger partial charge in [0.05, 0.1) is 11.3 Å². The monoisotopic (exact) mass is 352 g/mol. The van der Waals surface area contributed by atoms with Crippen molar-refractivity contribution in [2.24, 2.45) is 0 Å². The van der Waals surface area contributed by atoms with Crippen molar-refractivity contribution in [1.29, 1.82) is 5.26 Å². The average molecular weight is 352 g/mol. The van der Waals surface area contributed by atoms with Crippen molar-refractivity contribution in [3.8, 4) is 33.5 Å². The third-order valence-corrected chi connectivity index (χ3v) is 6.08. The van der Waals surface area contributed by atoms with Gasteiger partial charge in [-0.3, -0.25) is 0 Å². The van der Waals surface area contributed by atoms with Crippen LogP contribution < -0.4 is 0 Å². The van der Waals surface area contributed by atoms with Crippen LogP contribution in [-0.2, 0) is 0 Å². The summed E-state index contributed by atoms with van der Waals surface area (Å²) in [6.07, 6.45) is 0. The van der Waals surface area contributed by atoms with Crippen LogP contribution in [0.2, 0.25) is 0 Å². The van der Waals surface area contributed by atoms with Crippen molar-refractivity contribution in [1.82, 2.24) is 4.57 Å². The molecule has 0 spiro atoms. The molecule has 3 heteroatoms. The quantitative estimate of drug-likeness (QED) is 0.421. The Labute approximate surface area is 156 Å². The largest absolute Gasteiger partial charge is 0.311 e. The first kappa shape index (κ1) is 15.2. The highest BCUT2D eigenvalue weighted by Gasteiger charge is 2.35. The maximum absolute atomic E-state index is 10.1. The molecule has 4 aromatic rings. The number of para-hydroxylation sites is 1. The van der Waals surface area contributed by atoms with Crippen molar-refractivity contribution in [2.75, 3.05) is 0 Å². The number of nitriles is 1. The zero-order valence-electron chi connectivity index (χ0n) is 14.3. The molecule has 2 aromatic carbocycles. The van der Waals surface area contributed by atoms with E-state index in [2.05, 4.69) is 71.5 Å². The maximum atomic E-state index is 10.1. The molecule has 26 heavy (non-hydrogen) atoms. The Kier molecular flexibility index (Phi) is 3.34. The lowest BCUT2D eigenvalue weighted by Crippen LogP contribution is -1.96. The van der Waals surface area contributed by atoms with Crippen molar-refractivity contribution in [3.63, 3.8) is 0 Å². The lowest BCUT2D eigenvalue weighted by molar-refractivity contribution is 0.914. The van der Waals surface area contributed by atoms with E-state index in [9.17, 15) is 5.26 Å². The lowest BCUT2D eigenvalue weighted by atomic mass is 9.94. The molecule has 0 aliphatic carbocycles. The summed E-state index contributed by atoms with van der Waals surface area (Å²) in [5.41, 5.74) is 7.68. The molecule has 0 N–H and O–H groups in total. The summed E-state index contributed by atoms with van der Waals surface area (Å²) < 4.78 is 2.31. The average Bonchev–Trinajstić information content (AvgIpc) is 3.38. The highest BCUT2D eigenvalue weighted by atomic mass is 32.1. The van der Waals surface area contributed by atoms with Gasteiger partial charge >= 0.3 is 0 Å². The predicted octanol–water partition coefficient (Wildman–Crippen LogP) is 6.21. The van der Waals surface area contributed by atoms with Crippen LogP contribution in [0, 0.1) is 11.3 Å².